The lowest BCUT2D eigenvalue weighted by Crippen LogP contribution is -2.09. The van der Waals surface area contributed by atoms with E-state index in [0.29, 0.717) is 5.56 Å². The highest BCUT2D eigenvalue weighted by molar-refractivity contribution is 5.30. The molecule has 0 aliphatic carbocycles. The van der Waals surface area contributed by atoms with Crippen LogP contribution in [0.25, 0.3) is 0 Å². The fraction of sp³-hybridized carbons (Fsp3) is 0.222. The first-order chi connectivity index (χ1) is 6.13. The van der Waals surface area contributed by atoms with Crippen LogP contribution in [-0.2, 0) is 0 Å². The molecule has 1 aromatic rings. The maximum atomic E-state index is 12.7. The van der Waals surface area contributed by atoms with Crippen molar-refractivity contribution in [1.29, 1.82) is 5.26 Å². The molecule has 0 saturated carbocycles. The topological polar surface area (TPSA) is 70.0 Å². The van der Waals surface area contributed by atoms with Crippen molar-refractivity contribution in [2.45, 2.75) is 12.5 Å². The normalized spacial score (nSPS) is 12.1. The summed E-state index contributed by atoms with van der Waals surface area (Å²) in [6, 6.07) is 4.88. The van der Waals surface area contributed by atoms with Crippen LogP contribution in [0.1, 0.15) is 18.0 Å². The van der Waals surface area contributed by atoms with Crippen LogP contribution in [0, 0.1) is 17.1 Å². The van der Waals surface area contributed by atoms with E-state index in [1.54, 1.807) is 0 Å². The van der Waals surface area contributed by atoms with Crippen LogP contribution in [0.15, 0.2) is 18.2 Å². The molecule has 0 aliphatic heterocycles. The molecule has 1 rings (SSSR count). The first-order valence-electron chi connectivity index (χ1n) is 3.75. The molecule has 0 radical (unpaired) electrons. The van der Waals surface area contributed by atoms with Gasteiger partial charge in [-0.3, -0.25) is 0 Å². The van der Waals surface area contributed by atoms with Crippen LogP contribution in [0.3, 0.4) is 0 Å². The van der Waals surface area contributed by atoms with Crippen molar-refractivity contribution in [2.24, 2.45) is 5.73 Å². The third-order valence-electron chi connectivity index (χ3n) is 1.64. The van der Waals surface area contributed by atoms with Crippen molar-refractivity contribution >= 4 is 0 Å². The highest BCUT2D eigenvalue weighted by atomic mass is 19.1. The molecule has 0 unspecified atom stereocenters. The van der Waals surface area contributed by atoms with E-state index >= 15 is 0 Å². The molecule has 0 aliphatic rings. The van der Waals surface area contributed by atoms with Crippen molar-refractivity contribution in [3.8, 4) is 11.8 Å². The molecule has 0 spiro atoms. The maximum absolute atomic E-state index is 12.7. The molecule has 13 heavy (non-hydrogen) atoms. The van der Waals surface area contributed by atoms with Crippen LogP contribution in [0.5, 0.6) is 5.75 Å². The molecular formula is C9H9FN2O. The van der Waals surface area contributed by atoms with E-state index in [1.165, 1.54) is 12.1 Å². The van der Waals surface area contributed by atoms with E-state index in [9.17, 15) is 4.39 Å². The molecule has 68 valence electrons. The predicted octanol–water partition coefficient (Wildman–Crippen LogP) is 1.44. The molecule has 0 amide bonds. The molecule has 0 bridgehead atoms. The number of benzene rings is 1. The monoisotopic (exact) mass is 180 g/mol. The van der Waals surface area contributed by atoms with E-state index in [0.717, 1.165) is 6.07 Å². The summed E-state index contributed by atoms with van der Waals surface area (Å²) in [6.45, 7) is 0. The Labute approximate surface area is 75.2 Å². The first-order valence-corrected chi connectivity index (χ1v) is 3.75. The zero-order chi connectivity index (χ0) is 9.84. The molecule has 1 atom stereocenters. The minimum absolute atomic E-state index is 0.100. The Balaban J connectivity index is 2.95. The molecule has 4 heteroatoms. The van der Waals surface area contributed by atoms with Gasteiger partial charge in [0.1, 0.15) is 11.6 Å². The Morgan fingerprint density at radius 2 is 2.23 bits per heavy atom. The van der Waals surface area contributed by atoms with Crippen molar-refractivity contribution in [1.82, 2.24) is 0 Å². The van der Waals surface area contributed by atoms with E-state index in [2.05, 4.69) is 0 Å². The quantitative estimate of drug-likeness (QED) is 0.723. The smallest absolute Gasteiger partial charge is 0.127 e. The molecule has 3 nitrogen and oxygen atoms in total. The summed E-state index contributed by atoms with van der Waals surface area (Å²) in [5, 5.41) is 17.4. The van der Waals surface area contributed by atoms with E-state index in [1.807, 2.05) is 6.07 Å². The highest BCUT2D eigenvalue weighted by Gasteiger charge is 2.07. The summed E-state index contributed by atoms with van der Waals surface area (Å²) in [5.41, 5.74) is 5.97. The summed E-state index contributed by atoms with van der Waals surface area (Å²) >= 11 is 0. The summed E-state index contributed by atoms with van der Waals surface area (Å²) < 4.78 is 12.7. The summed E-state index contributed by atoms with van der Waals surface area (Å²) in [5.74, 6) is -0.730. The van der Waals surface area contributed by atoms with Gasteiger partial charge in [0.05, 0.1) is 12.5 Å². The number of nitriles is 1. The van der Waals surface area contributed by atoms with Gasteiger partial charge in [-0.2, -0.15) is 5.26 Å². The SMILES string of the molecule is N#CC[C@@H](N)c1cc(O)cc(F)c1. The number of phenols is 1. The Bertz CT molecular complexity index is 326. The zero-order valence-electron chi connectivity index (χ0n) is 6.87. The Hall–Kier alpha value is -1.60. The second kappa shape index (κ2) is 3.87. The summed E-state index contributed by atoms with van der Waals surface area (Å²) in [7, 11) is 0. The summed E-state index contributed by atoms with van der Waals surface area (Å²) in [6.07, 6.45) is 0.100. The Morgan fingerprint density at radius 1 is 1.54 bits per heavy atom. The lowest BCUT2D eigenvalue weighted by atomic mass is 10.1. The van der Waals surface area contributed by atoms with Gasteiger partial charge in [-0.15, -0.1) is 0 Å². The lowest BCUT2D eigenvalue weighted by molar-refractivity contribution is 0.467. The van der Waals surface area contributed by atoms with Crippen LogP contribution in [0.4, 0.5) is 4.39 Å². The number of hydrogen-bond acceptors (Lipinski definition) is 3. The Kier molecular flexibility index (Phi) is 2.83. The minimum atomic E-state index is -0.552. The minimum Gasteiger partial charge on any atom is -0.508 e. The van der Waals surface area contributed by atoms with Crippen molar-refractivity contribution in [2.75, 3.05) is 0 Å². The maximum Gasteiger partial charge on any atom is 0.127 e. The molecule has 0 aromatic heterocycles. The number of aromatic hydroxyl groups is 1. The fourth-order valence-corrected chi connectivity index (χ4v) is 1.03. The fourth-order valence-electron chi connectivity index (χ4n) is 1.03. The van der Waals surface area contributed by atoms with Crippen LogP contribution in [0.2, 0.25) is 0 Å². The van der Waals surface area contributed by atoms with Crippen molar-refractivity contribution in [3.63, 3.8) is 0 Å². The molecule has 0 fully saturated rings. The van der Waals surface area contributed by atoms with Crippen molar-refractivity contribution < 1.29 is 9.50 Å². The third kappa shape index (κ3) is 2.42. The average Bonchev–Trinajstić information content (AvgIpc) is 2.03. The van der Waals surface area contributed by atoms with Gasteiger partial charge < -0.3 is 10.8 Å². The van der Waals surface area contributed by atoms with Gasteiger partial charge in [0.25, 0.3) is 0 Å². The van der Waals surface area contributed by atoms with Gasteiger partial charge in [0, 0.05) is 12.1 Å². The molecule has 3 N–H and O–H groups in total. The van der Waals surface area contributed by atoms with Crippen LogP contribution in [-0.4, -0.2) is 5.11 Å². The zero-order valence-corrected chi connectivity index (χ0v) is 6.87. The second-order valence-electron chi connectivity index (χ2n) is 2.71. The van der Waals surface area contributed by atoms with Crippen LogP contribution < -0.4 is 5.73 Å². The van der Waals surface area contributed by atoms with Gasteiger partial charge in [-0.05, 0) is 17.7 Å². The van der Waals surface area contributed by atoms with E-state index in [-0.39, 0.29) is 12.2 Å². The molecule has 0 heterocycles. The highest BCUT2D eigenvalue weighted by Crippen LogP contribution is 2.20. The van der Waals surface area contributed by atoms with Gasteiger partial charge in [0.15, 0.2) is 0 Å². The summed E-state index contributed by atoms with van der Waals surface area (Å²) in [4.78, 5) is 0. The van der Waals surface area contributed by atoms with Crippen LogP contribution >= 0.6 is 0 Å². The average molecular weight is 180 g/mol. The number of halogens is 1. The molecule has 0 saturated heterocycles. The standard InChI is InChI=1S/C9H9FN2O/c10-7-3-6(4-8(13)5-7)9(12)1-2-11/h3-5,9,13H,1,12H2/t9-/m1/s1. The van der Waals surface area contributed by atoms with Gasteiger partial charge in [0.2, 0.25) is 0 Å². The number of rotatable bonds is 2. The lowest BCUT2D eigenvalue weighted by Gasteiger charge is -2.07. The third-order valence-corrected chi connectivity index (χ3v) is 1.64. The number of hydrogen-bond donors (Lipinski definition) is 2. The molecule has 1 aromatic carbocycles. The Morgan fingerprint density at radius 3 is 2.77 bits per heavy atom. The van der Waals surface area contributed by atoms with Gasteiger partial charge >= 0.3 is 0 Å². The number of phenolic OH excluding ortho intramolecular Hbond substituents is 1. The predicted molar refractivity (Wildman–Crippen MR) is 45.2 cm³/mol. The van der Waals surface area contributed by atoms with Gasteiger partial charge in [-0.25, -0.2) is 4.39 Å². The van der Waals surface area contributed by atoms with Gasteiger partial charge in [-0.1, -0.05) is 0 Å². The van der Waals surface area contributed by atoms with E-state index < -0.39 is 11.9 Å². The second-order valence-corrected chi connectivity index (χ2v) is 2.71. The largest absolute Gasteiger partial charge is 0.508 e. The molecular weight excluding hydrogens is 171 g/mol. The first kappa shape index (κ1) is 9.49. The number of nitrogens with two attached hydrogens (primary N) is 1. The van der Waals surface area contributed by atoms with Crippen molar-refractivity contribution in [3.05, 3.63) is 29.6 Å². The van der Waals surface area contributed by atoms with E-state index in [4.69, 9.17) is 16.1 Å². The number of nitrogens with zero attached hydrogens (tertiary/aromatic N) is 1.